The maximum absolute atomic E-state index is 11.8. The zero-order valence-corrected chi connectivity index (χ0v) is 15.9. The van der Waals surface area contributed by atoms with Crippen LogP contribution in [0, 0.1) is 5.82 Å². The van der Waals surface area contributed by atoms with E-state index in [-0.39, 0.29) is 26.9 Å². The van der Waals surface area contributed by atoms with Crippen molar-refractivity contribution < 1.29 is 25.5 Å². The number of halogens is 1. The van der Waals surface area contributed by atoms with Gasteiger partial charge in [-0.1, -0.05) is 18.2 Å². The summed E-state index contributed by atoms with van der Waals surface area (Å²) in [5.74, 6) is -0.289. The molecule has 0 amide bonds. The molecule has 4 aromatic rings. The zero-order valence-electron chi connectivity index (χ0n) is 13.6. The van der Waals surface area contributed by atoms with E-state index in [9.17, 15) is 4.39 Å². The topological polar surface area (TPSA) is 51.6 Å². The summed E-state index contributed by atoms with van der Waals surface area (Å²) in [6.07, 6.45) is 6.23. The van der Waals surface area contributed by atoms with Crippen LogP contribution in [-0.2, 0) is 21.1 Å². The number of nitrogens with zero attached hydrogens (tertiary/aromatic N) is 4. The van der Waals surface area contributed by atoms with Crippen molar-refractivity contribution in [3.05, 3.63) is 97.3 Å². The second-order valence-corrected chi connectivity index (χ2v) is 5.01. The summed E-state index contributed by atoms with van der Waals surface area (Å²) in [6.45, 7) is 0. The molecule has 0 fully saturated rings. The smallest absolute Gasteiger partial charge is 0.262 e. The van der Waals surface area contributed by atoms with E-state index in [2.05, 4.69) is 19.9 Å². The van der Waals surface area contributed by atoms with Crippen LogP contribution in [0.15, 0.2) is 91.5 Å². The number of hydrogen-bond donors (Lipinski definition) is 0. The van der Waals surface area contributed by atoms with Gasteiger partial charge in [0.05, 0.1) is 29.0 Å². The maximum atomic E-state index is 11.8. The van der Waals surface area contributed by atoms with Crippen LogP contribution in [0.3, 0.4) is 0 Å². The first-order valence-electron chi connectivity index (χ1n) is 7.68. The fourth-order valence-electron chi connectivity index (χ4n) is 2.09. The maximum Gasteiger partial charge on any atom is 2.00 e. The normalized spacial score (nSPS) is 9.42. The van der Waals surface area contributed by atoms with E-state index in [1.54, 1.807) is 18.5 Å². The first-order valence-corrected chi connectivity index (χ1v) is 7.68. The Balaban J connectivity index is 0.000000258. The average Bonchev–Trinajstić information content (AvgIpc) is 2.71. The fraction of sp³-hybridized carbons (Fsp3) is 0. The third-order valence-electron chi connectivity index (χ3n) is 3.23. The van der Waals surface area contributed by atoms with Gasteiger partial charge in [0, 0.05) is 18.6 Å². The molecule has 0 saturated carbocycles. The van der Waals surface area contributed by atoms with Crippen molar-refractivity contribution >= 4 is 0 Å². The summed E-state index contributed by atoms with van der Waals surface area (Å²) in [5.41, 5.74) is 3.46. The minimum atomic E-state index is -0.289. The van der Waals surface area contributed by atoms with Gasteiger partial charge in [-0.15, -0.1) is 0 Å². The molecule has 26 heavy (non-hydrogen) atoms. The van der Waals surface area contributed by atoms with Crippen molar-refractivity contribution in [3.8, 4) is 22.8 Å². The molecule has 0 aromatic carbocycles. The molecule has 0 unspecified atom stereocenters. The van der Waals surface area contributed by atoms with E-state index >= 15 is 0 Å². The molecule has 4 heterocycles. The SMILES string of the molecule is Fc1cccnc1.[Pt+2].c1ccc(-c2cccc(-c3ccccn3)n2)nc1. The molecule has 130 valence electrons. The van der Waals surface area contributed by atoms with E-state index in [4.69, 9.17) is 0 Å². The van der Waals surface area contributed by atoms with Crippen LogP contribution in [0.4, 0.5) is 4.39 Å². The van der Waals surface area contributed by atoms with E-state index in [1.165, 1.54) is 18.5 Å². The first-order chi connectivity index (χ1) is 12.3. The van der Waals surface area contributed by atoms with Gasteiger partial charge in [0.25, 0.3) is 0 Å². The van der Waals surface area contributed by atoms with Gasteiger partial charge in [0.1, 0.15) is 5.82 Å². The molecule has 0 aliphatic carbocycles. The van der Waals surface area contributed by atoms with Crippen LogP contribution in [0.2, 0.25) is 0 Å². The summed E-state index contributed by atoms with van der Waals surface area (Å²) in [7, 11) is 0. The Labute approximate surface area is 165 Å². The standard InChI is InChI=1S/C15H11N3.C5H4FN.Pt/c1-3-10-16-12(6-1)14-8-5-9-15(18-14)13-7-2-4-11-17-13;6-5-2-1-3-7-4-5;/h1-11H;1-4H;/q;;+2. The van der Waals surface area contributed by atoms with Crippen LogP contribution in [0.1, 0.15) is 0 Å². The van der Waals surface area contributed by atoms with Gasteiger partial charge in [-0.25, -0.2) is 9.37 Å². The second kappa shape index (κ2) is 10.3. The van der Waals surface area contributed by atoms with Gasteiger partial charge < -0.3 is 0 Å². The Morgan fingerprint density at radius 3 is 1.54 bits per heavy atom. The molecule has 0 spiro atoms. The Morgan fingerprint density at radius 2 is 1.15 bits per heavy atom. The summed E-state index contributed by atoms with van der Waals surface area (Å²) in [6, 6.07) is 20.4. The van der Waals surface area contributed by atoms with Crippen LogP contribution >= 0.6 is 0 Å². The van der Waals surface area contributed by atoms with Crippen LogP contribution < -0.4 is 0 Å². The van der Waals surface area contributed by atoms with E-state index in [0.29, 0.717) is 0 Å². The van der Waals surface area contributed by atoms with E-state index in [1.807, 2.05) is 54.6 Å². The summed E-state index contributed by atoms with van der Waals surface area (Å²) >= 11 is 0. The van der Waals surface area contributed by atoms with Crippen molar-refractivity contribution in [1.29, 1.82) is 0 Å². The molecular formula is C20H15FN4Pt+2. The third-order valence-corrected chi connectivity index (χ3v) is 3.23. The molecule has 0 radical (unpaired) electrons. The third kappa shape index (κ3) is 5.64. The van der Waals surface area contributed by atoms with Gasteiger partial charge in [0.15, 0.2) is 0 Å². The number of pyridine rings is 4. The molecule has 0 aliphatic rings. The van der Waals surface area contributed by atoms with Crippen molar-refractivity contribution in [2.24, 2.45) is 0 Å². The van der Waals surface area contributed by atoms with Crippen LogP contribution in [0.5, 0.6) is 0 Å². The van der Waals surface area contributed by atoms with Crippen molar-refractivity contribution in [1.82, 2.24) is 19.9 Å². The Kier molecular flexibility index (Phi) is 7.71. The summed E-state index contributed by atoms with van der Waals surface area (Å²) in [4.78, 5) is 16.7. The second-order valence-electron chi connectivity index (χ2n) is 5.01. The zero-order chi connectivity index (χ0) is 17.3. The monoisotopic (exact) mass is 525 g/mol. The summed E-state index contributed by atoms with van der Waals surface area (Å²) in [5, 5.41) is 0. The van der Waals surface area contributed by atoms with Gasteiger partial charge in [-0.2, -0.15) is 0 Å². The van der Waals surface area contributed by atoms with Gasteiger partial charge in [-0.3, -0.25) is 15.0 Å². The predicted molar refractivity (Wildman–Crippen MR) is 94.9 cm³/mol. The largest absolute Gasteiger partial charge is 2.00 e. The molecule has 0 bridgehead atoms. The van der Waals surface area contributed by atoms with Crippen molar-refractivity contribution in [2.75, 3.05) is 0 Å². The molecule has 4 nitrogen and oxygen atoms in total. The fourth-order valence-corrected chi connectivity index (χ4v) is 2.09. The van der Waals surface area contributed by atoms with Gasteiger partial charge in [0.2, 0.25) is 0 Å². The number of aromatic nitrogens is 4. The molecule has 0 saturated heterocycles. The van der Waals surface area contributed by atoms with E-state index < -0.39 is 0 Å². The molecule has 4 rings (SSSR count). The van der Waals surface area contributed by atoms with Crippen LogP contribution in [-0.4, -0.2) is 19.9 Å². The van der Waals surface area contributed by atoms with E-state index in [0.717, 1.165) is 22.8 Å². The Bertz CT molecular complexity index is 852. The van der Waals surface area contributed by atoms with Gasteiger partial charge >= 0.3 is 21.1 Å². The first kappa shape index (κ1) is 19.5. The molecular weight excluding hydrogens is 510 g/mol. The molecule has 0 N–H and O–H groups in total. The van der Waals surface area contributed by atoms with Crippen LogP contribution in [0.25, 0.3) is 22.8 Å². The quantitative estimate of drug-likeness (QED) is 0.389. The molecule has 0 atom stereocenters. The average molecular weight is 525 g/mol. The Morgan fingerprint density at radius 1 is 0.577 bits per heavy atom. The minimum Gasteiger partial charge on any atom is -0.262 e. The molecule has 4 aromatic heterocycles. The van der Waals surface area contributed by atoms with Crippen molar-refractivity contribution in [3.63, 3.8) is 0 Å². The van der Waals surface area contributed by atoms with Crippen molar-refractivity contribution in [2.45, 2.75) is 0 Å². The minimum absolute atomic E-state index is 0. The van der Waals surface area contributed by atoms with Gasteiger partial charge in [-0.05, 0) is 48.5 Å². The Hall–Kier alpha value is -2.78. The summed E-state index contributed by atoms with van der Waals surface area (Å²) < 4.78 is 11.8. The predicted octanol–water partition coefficient (Wildman–Crippen LogP) is 4.42. The molecule has 6 heteroatoms. The number of rotatable bonds is 2. The number of hydrogen-bond acceptors (Lipinski definition) is 4. The molecule has 0 aliphatic heterocycles.